The molecular formula is C18H18N4O5S. The average Bonchev–Trinajstić information content (AvgIpc) is 3.41. The molecule has 1 aromatic carbocycles. The Morgan fingerprint density at radius 1 is 1.29 bits per heavy atom. The molecule has 0 N–H and O–H groups in total. The lowest BCUT2D eigenvalue weighted by atomic mass is 10.2. The summed E-state index contributed by atoms with van der Waals surface area (Å²) in [5, 5.41) is 3.79. The van der Waals surface area contributed by atoms with Crippen molar-refractivity contribution in [2.75, 3.05) is 0 Å². The molecule has 9 nitrogen and oxygen atoms in total. The second kappa shape index (κ2) is 7.19. The molecule has 2 aromatic rings. The van der Waals surface area contributed by atoms with Crippen molar-refractivity contribution in [1.29, 1.82) is 0 Å². The zero-order chi connectivity index (χ0) is 19.7. The summed E-state index contributed by atoms with van der Waals surface area (Å²) < 4.78 is 39.7. The van der Waals surface area contributed by atoms with E-state index in [9.17, 15) is 13.2 Å². The van der Waals surface area contributed by atoms with Crippen molar-refractivity contribution in [2.24, 2.45) is 4.40 Å². The van der Waals surface area contributed by atoms with Crippen LogP contribution in [0.5, 0.6) is 0 Å². The SMILES string of the molecule is CC1=NS(=O)(=O)N(Cc2ccccc2)C=C1C(=O)OCc1noc(C2CC2)n1. The van der Waals surface area contributed by atoms with Gasteiger partial charge in [0.1, 0.15) is 0 Å². The maximum Gasteiger partial charge on any atom is 0.344 e. The quantitative estimate of drug-likeness (QED) is 0.680. The Labute approximate surface area is 161 Å². The summed E-state index contributed by atoms with van der Waals surface area (Å²) in [6.07, 6.45) is 3.30. The molecule has 28 heavy (non-hydrogen) atoms. The minimum atomic E-state index is -3.91. The van der Waals surface area contributed by atoms with Gasteiger partial charge in [-0.1, -0.05) is 35.5 Å². The van der Waals surface area contributed by atoms with Crippen LogP contribution in [-0.4, -0.2) is 34.5 Å². The van der Waals surface area contributed by atoms with Gasteiger partial charge in [-0.25, -0.2) is 4.79 Å². The van der Waals surface area contributed by atoms with Gasteiger partial charge in [-0.05, 0) is 25.3 Å². The Balaban J connectivity index is 1.47. The Morgan fingerprint density at radius 3 is 2.75 bits per heavy atom. The minimum Gasteiger partial charge on any atom is -0.454 e. The fourth-order valence-corrected chi connectivity index (χ4v) is 3.80. The largest absolute Gasteiger partial charge is 0.454 e. The first-order valence-corrected chi connectivity index (χ1v) is 10.2. The molecule has 2 heterocycles. The van der Waals surface area contributed by atoms with Gasteiger partial charge in [-0.15, -0.1) is 4.40 Å². The van der Waals surface area contributed by atoms with Crippen molar-refractivity contribution < 1.29 is 22.5 Å². The Kier molecular flexibility index (Phi) is 4.71. The third-order valence-corrected chi connectivity index (χ3v) is 5.69. The molecule has 1 aliphatic heterocycles. The average molecular weight is 402 g/mol. The van der Waals surface area contributed by atoms with Crippen molar-refractivity contribution in [3.8, 4) is 0 Å². The molecule has 1 fully saturated rings. The van der Waals surface area contributed by atoms with Crippen molar-refractivity contribution in [3.05, 3.63) is 59.4 Å². The summed E-state index contributed by atoms with van der Waals surface area (Å²) in [4.78, 5) is 16.7. The zero-order valence-corrected chi connectivity index (χ0v) is 15.9. The van der Waals surface area contributed by atoms with E-state index in [1.807, 2.05) is 6.07 Å². The first-order valence-electron chi connectivity index (χ1n) is 8.76. The van der Waals surface area contributed by atoms with Gasteiger partial charge in [0.25, 0.3) is 0 Å². The van der Waals surface area contributed by atoms with Gasteiger partial charge in [-0.2, -0.15) is 13.4 Å². The van der Waals surface area contributed by atoms with Crippen LogP contribution in [0.2, 0.25) is 0 Å². The molecular weight excluding hydrogens is 384 g/mol. The van der Waals surface area contributed by atoms with Gasteiger partial charge >= 0.3 is 16.2 Å². The van der Waals surface area contributed by atoms with Gasteiger partial charge in [0.2, 0.25) is 11.7 Å². The molecule has 0 spiro atoms. The summed E-state index contributed by atoms with van der Waals surface area (Å²) in [5.41, 5.74) is 0.905. The molecule has 10 heteroatoms. The van der Waals surface area contributed by atoms with Crippen LogP contribution in [0.15, 0.2) is 51.0 Å². The molecule has 1 aliphatic carbocycles. The molecule has 146 valence electrons. The second-order valence-corrected chi connectivity index (χ2v) is 8.17. The van der Waals surface area contributed by atoms with E-state index < -0.39 is 16.2 Å². The Bertz CT molecular complexity index is 1050. The summed E-state index contributed by atoms with van der Waals surface area (Å²) in [6, 6.07) is 9.03. The molecule has 1 saturated carbocycles. The number of aromatic nitrogens is 2. The lowest BCUT2D eigenvalue weighted by Crippen LogP contribution is -2.31. The Hall–Kier alpha value is -3.01. The van der Waals surface area contributed by atoms with Gasteiger partial charge in [-0.3, -0.25) is 4.31 Å². The number of benzene rings is 1. The van der Waals surface area contributed by atoms with E-state index >= 15 is 0 Å². The molecule has 0 atom stereocenters. The number of carbonyl (C=O) groups is 1. The van der Waals surface area contributed by atoms with Crippen LogP contribution in [0, 0.1) is 0 Å². The minimum absolute atomic E-state index is 0.0618. The van der Waals surface area contributed by atoms with Crippen molar-refractivity contribution in [3.63, 3.8) is 0 Å². The number of hydrogen-bond acceptors (Lipinski definition) is 7. The van der Waals surface area contributed by atoms with Crippen LogP contribution in [0.4, 0.5) is 0 Å². The third kappa shape index (κ3) is 3.96. The van der Waals surface area contributed by atoms with Crippen molar-refractivity contribution >= 4 is 21.9 Å². The number of carbonyl (C=O) groups excluding carboxylic acids is 1. The maximum atomic E-state index is 12.5. The predicted octanol–water partition coefficient (Wildman–Crippen LogP) is 2.10. The van der Waals surface area contributed by atoms with Crippen LogP contribution in [0.25, 0.3) is 0 Å². The number of hydrogen-bond donors (Lipinski definition) is 0. The van der Waals surface area contributed by atoms with Crippen LogP contribution in [-0.2, 0) is 32.9 Å². The molecule has 0 amide bonds. The van der Waals surface area contributed by atoms with E-state index in [-0.39, 0.29) is 30.3 Å². The normalized spacial score (nSPS) is 18.4. The second-order valence-electron chi connectivity index (χ2n) is 6.63. The van der Waals surface area contributed by atoms with Gasteiger partial charge in [0, 0.05) is 12.1 Å². The summed E-state index contributed by atoms with van der Waals surface area (Å²) in [7, 11) is -3.91. The molecule has 4 rings (SSSR count). The predicted molar refractivity (Wildman–Crippen MR) is 98.2 cm³/mol. The van der Waals surface area contributed by atoms with E-state index in [0.717, 1.165) is 22.7 Å². The standard InChI is InChI=1S/C18H18N4O5S/c1-12-15(18(23)26-11-16-19-17(27-20-16)14-7-8-14)10-22(28(24,25)21-12)9-13-5-3-2-4-6-13/h2-6,10,14H,7-9,11H2,1H3. The fourth-order valence-electron chi connectivity index (χ4n) is 2.70. The van der Waals surface area contributed by atoms with E-state index in [2.05, 4.69) is 14.5 Å². The van der Waals surface area contributed by atoms with E-state index in [0.29, 0.717) is 11.8 Å². The molecule has 0 unspecified atom stereocenters. The maximum absolute atomic E-state index is 12.5. The molecule has 0 bridgehead atoms. The third-order valence-electron chi connectivity index (χ3n) is 4.36. The highest BCUT2D eigenvalue weighted by Crippen LogP contribution is 2.38. The van der Waals surface area contributed by atoms with E-state index in [1.54, 1.807) is 24.3 Å². The van der Waals surface area contributed by atoms with Crippen molar-refractivity contribution in [1.82, 2.24) is 14.4 Å². The van der Waals surface area contributed by atoms with Crippen LogP contribution >= 0.6 is 0 Å². The van der Waals surface area contributed by atoms with E-state index in [1.165, 1.54) is 13.1 Å². The first-order chi connectivity index (χ1) is 13.4. The van der Waals surface area contributed by atoms with Gasteiger partial charge in [0.05, 0.1) is 17.8 Å². The highest BCUT2D eigenvalue weighted by Gasteiger charge is 2.31. The number of rotatable bonds is 6. The highest BCUT2D eigenvalue weighted by molar-refractivity contribution is 7.88. The molecule has 0 radical (unpaired) electrons. The lowest BCUT2D eigenvalue weighted by molar-refractivity contribution is -0.140. The van der Waals surface area contributed by atoms with Gasteiger partial charge < -0.3 is 9.26 Å². The van der Waals surface area contributed by atoms with E-state index in [4.69, 9.17) is 9.26 Å². The number of esters is 1. The molecule has 1 aromatic heterocycles. The topological polar surface area (TPSA) is 115 Å². The van der Waals surface area contributed by atoms with Crippen molar-refractivity contribution in [2.45, 2.75) is 38.8 Å². The monoisotopic (exact) mass is 402 g/mol. The summed E-state index contributed by atoms with van der Waals surface area (Å²) in [6.45, 7) is 1.35. The number of ether oxygens (including phenoxy) is 1. The van der Waals surface area contributed by atoms with Gasteiger partial charge in [0.15, 0.2) is 6.61 Å². The lowest BCUT2D eigenvalue weighted by Gasteiger charge is -2.23. The Morgan fingerprint density at radius 2 is 2.04 bits per heavy atom. The fraction of sp³-hybridized carbons (Fsp3) is 0.333. The smallest absolute Gasteiger partial charge is 0.344 e. The summed E-state index contributed by atoms with van der Waals surface area (Å²) >= 11 is 0. The summed E-state index contributed by atoms with van der Waals surface area (Å²) in [5.74, 6) is 0.437. The molecule has 2 aliphatic rings. The highest BCUT2D eigenvalue weighted by atomic mass is 32.2. The van der Waals surface area contributed by atoms with Crippen LogP contribution in [0.3, 0.4) is 0 Å². The number of nitrogens with zero attached hydrogens (tertiary/aromatic N) is 4. The zero-order valence-electron chi connectivity index (χ0n) is 15.1. The first kappa shape index (κ1) is 18.4. The molecule has 0 saturated heterocycles. The van der Waals surface area contributed by atoms with Crippen LogP contribution < -0.4 is 0 Å². The van der Waals surface area contributed by atoms with Crippen LogP contribution in [0.1, 0.15) is 43.0 Å².